The van der Waals surface area contributed by atoms with Gasteiger partial charge >= 0.3 is 0 Å². The Morgan fingerprint density at radius 1 is 1.42 bits per heavy atom. The average Bonchev–Trinajstić information content (AvgIpc) is 2.59. The summed E-state index contributed by atoms with van der Waals surface area (Å²) in [6, 6.07) is 0.607. The zero-order valence-electron chi connectivity index (χ0n) is 6.95. The Kier molecular flexibility index (Phi) is 2.21. The van der Waals surface area contributed by atoms with Crippen molar-refractivity contribution in [2.45, 2.75) is 31.7 Å². The van der Waals surface area contributed by atoms with Crippen molar-refractivity contribution in [1.29, 1.82) is 0 Å². The molecule has 63 valence electrons. The number of hydrogen-bond donors (Lipinski definition) is 1. The van der Waals surface area contributed by atoms with Gasteiger partial charge in [-0.2, -0.15) is 0 Å². The number of aromatic nitrogens is 2. The van der Waals surface area contributed by atoms with Crippen molar-refractivity contribution in [2.24, 2.45) is 0 Å². The molecule has 0 spiro atoms. The summed E-state index contributed by atoms with van der Waals surface area (Å²) in [5.41, 5.74) is 0. The van der Waals surface area contributed by atoms with Crippen molar-refractivity contribution in [3.63, 3.8) is 0 Å². The molecule has 0 amide bonds. The molecule has 3 heteroatoms. The van der Waals surface area contributed by atoms with Crippen LogP contribution >= 0.6 is 0 Å². The molecular formula is C9H12N3. The molecule has 0 aliphatic heterocycles. The molecule has 0 unspecified atom stereocenters. The second-order valence-electron chi connectivity index (χ2n) is 3.16. The minimum absolute atomic E-state index is 0.607. The molecule has 1 heterocycles. The van der Waals surface area contributed by atoms with Gasteiger partial charge in [-0.1, -0.05) is 12.8 Å². The lowest BCUT2D eigenvalue weighted by Crippen LogP contribution is -2.15. The Morgan fingerprint density at radius 3 is 2.92 bits per heavy atom. The number of anilines is 1. The number of rotatable bonds is 2. The van der Waals surface area contributed by atoms with Gasteiger partial charge in [0.2, 0.25) is 0 Å². The Labute approximate surface area is 72.2 Å². The Bertz CT molecular complexity index is 229. The van der Waals surface area contributed by atoms with Crippen LogP contribution in [0.2, 0.25) is 0 Å². The van der Waals surface area contributed by atoms with Gasteiger partial charge in [0.1, 0.15) is 12.0 Å². The lowest BCUT2D eigenvalue weighted by Gasteiger charge is -2.10. The summed E-state index contributed by atoms with van der Waals surface area (Å²) in [6.07, 6.45) is 11.2. The van der Waals surface area contributed by atoms with E-state index in [1.165, 1.54) is 25.7 Å². The van der Waals surface area contributed by atoms with E-state index in [2.05, 4.69) is 21.5 Å². The Hall–Kier alpha value is -1.12. The lowest BCUT2D eigenvalue weighted by molar-refractivity contribution is 0.749. The first-order valence-electron chi connectivity index (χ1n) is 4.40. The normalized spacial score (nSPS) is 18.0. The van der Waals surface area contributed by atoms with Gasteiger partial charge in [0.15, 0.2) is 0 Å². The highest BCUT2D eigenvalue weighted by molar-refractivity contribution is 5.31. The molecule has 1 N–H and O–H groups in total. The van der Waals surface area contributed by atoms with Crippen molar-refractivity contribution >= 4 is 5.82 Å². The minimum atomic E-state index is 0.607. The van der Waals surface area contributed by atoms with Crippen LogP contribution in [0.3, 0.4) is 0 Å². The maximum Gasteiger partial charge on any atom is 0.145 e. The van der Waals surface area contributed by atoms with Crippen LogP contribution in [0.5, 0.6) is 0 Å². The maximum atomic E-state index is 4.04. The van der Waals surface area contributed by atoms with E-state index in [1.54, 1.807) is 12.4 Å². The van der Waals surface area contributed by atoms with Crippen molar-refractivity contribution in [3.8, 4) is 0 Å². The summed E-state index contributed by atoms with van der Waals surface area (Å²) in [5, 5.41) is 3.34. The topological polar surface area (TPSA) is 37.8 Å². The van der Waals surface area contributed by atoms with E-state index in [1.807, 2.05) is 0 Å². The molecule has 1 saturated carbocycles. The van der Waals surface area contributed by atoms with Gasteiger partial charge in [-0.15, -0.1) is 0 Å². The van der Waals surface area contributed by atoms with Crippen LogP contribution in [0.1, 0.15) is 25.7 Å². The van der Waals surface area contributed by atoms with Crippen molar-refractivity contribution in [1.82, 2.24) is 9.97 Å². The molecule has 1 aliphatic carbocycles. The number of nitrogens with zero attached hydrogens (tertiary/aromatic N) is 2. The molecule has 1 fully saturated rings. The third kappa shape index (κ3) is 1.72. The minimum Gasteiger partial charge on any atom is -0.366 e. The molecule has 0 atom stereocenters. The second kappa shape index (κ2) is 3.52. The summed E-state index contributed by atoms with van der Waals surface area (Å²) >= 11 is 0. The molecule has 12 heavy (non-hydrogen) atoms. The monoisotopic (exact) mass is 162 g/mol. The summed E-state index contributed by atoms with van der Waals surface area (Å²) in [6.45, 7) is 0. The fourth-order valence-corrected chi connectivity index (χ4v) is 1.62. The number of nitrogens with one attached hydrogen (secondary N) is 1. The summed E-state index contributed by atoms with van der Waals surface area (Å²) in [4.78, 5) is 7.99. The largest absolute Gasteiger partial charge is 0.366 e. The zero-order valence-corrected chi connectivity index (χ0v) is 6.95. The van der Waals surface area contributed by atoms with Gasteiger partial charge in [-0.25, -0.2) is 4.98 Å². The van der Waals surface area contributed by atoms with Crippen molar-refractivity contribution in [3.05, 3.63) is 18.6 Å². The predicted molar refractivity (Wildman–Crippen MR) is 46.7 cm³/mol. The first-order valence-corrected chi connectivity index (χ1v) is 4.40. The van der Waals surface area contributed by atoms with Gasteiger partial charge in [0.05, 0.1) is 12.4 Å². The Morgan fingerprint density at radius 2 is 2.25 bits per heavy atom. The smallest absolute Gasteiger partial charge is 0.145 e. The van der Waals surface area contributed by atoms with E-state index < -0.39 is 0 Å². The zero-order chi connectivity index (χ0) is 8.23. The molecule has 1 aromatic heterocycles. The molecule has 3 nitrogen and oxygen atoms in total. The summed E-state index contributed by atoms with van der Waals surface area (Å²) < 4.78 is 0. The van der Waals surface area contributed by atoms with Crippen LogP contribution in [-0.4, -0.2) is 16.0 Å². The quantitative estimate of drug-likeness (QED) is 0.718. The molecule has 0 saturated heterocycles. The van der Waals surface area contributed by atoms with Crippen LogP contribution in [0.4, 0.5) is 5.82 Å². The Balaban J connectivity index is 1.94. The van der Waals surface area contributed by atoms with Crippen LogP contribution < -0.4 is 5.32 Å². The van der Waals surface area contributed by atoms with Gasteiger partial charge in [-0.3, -0.25) is 4.98 Å². The van der Waals surface area contributed by atoms with Crippen LogP contribution in [0.25, 0.3) is 0 Å². The van der Waals surface area contributed by atoms with E-state index >= 15 is 0 Å². The van der Waals surface area contributed by atoms with E-state index in [-0.39, 0.29) is 0 Å². The third-order valence-corrected chi connectivity index (χ3v) is 2.22. The van der Waals surface area contributed by atoms with Gasteiger partial charge in [0.25, 0.3) is 0 Å². The van der Waals surface area contributed by atoms with Crippen molar-refractivity contribution < 1.29 is 0 Å². The van der Waals surface area contributed by atoms with E-state index in [9.17, 15) is 0 Å². The van der Waals surface area contributed by atoms with Gasteiger partial charge in [-0.05, 0) is 12.8 Å². The molecule has 0 bridgehead atoms. The highest BCUT2D eigenvalue weighted by Crippen LogP contribution is 2.20. The van der Waals surface area contributed by atoms with Crippen LogP contribution in [-0.2, 0) is 0 Å². The predicted octanol–water partition coefficient (Wildman–Crippen LogP) is 1.63. The van der Waals surface area contributed by atoms with Gasteiger partial charge in [0, 0.05) is 6.04 Å². The molecule has 2 rings (SSSR count). The van der Waals surface area contributed by atoms with E-state index in [0.717, 1.165) is 5.82 Å². The first-order chi connectivity index (χ1) is 5.95. The van der Waals surface area contributed by atoms with Crippen molar-refractivity contribution in [2.75, 3.05) is 5.32 Å². The van der Waals surface area contributed by atoms with E-state index in [4.69, 9.17) is 0 Å². The van der Waals surface area contributed by atoms with Crippen LogP contribution in [0, 0.1) is 6.20 Å². The highest BCUT2D eigenvalue weighted by Gasteiger charge is 2.14. The highest BCUT2D eigenvalue weighted by atomic mass is 15.0. The number of hydrogen-bond acceptors (Lipinski definition) is 3. The summed E-state index contributed by atoms with van der Waals surface area (Å²) in [7, 11) is 0. The summed E-state index contributed by atoms with van der Waals surface area (Å²) in [5.74, 6) is 0.851. The SMILES string of the molecule is [c]1cncc(NC2CCCC2)n1. The molecule has 1 aromatic rings. The van der Waals surface area contributed by atoms with Crippen LogP contribution in [0.15, 0.2) is 12.4 Å². The maximum absolute atomic E-state index is 4.04. The molecule has 1 radical (unpaired) electrons. The molecule has 1 aliphatic rings. The fourth-order valence-electron chi connectivity index (χ4n) is 1.62. The van der Waals surface area contributed by atoms with Gasteiger partial charge < -0.3 is 5.32 Å². The standard InChI is InChI=1S/C9H12N3/c1-2-4-8(3-1)12-9-7-10-5-6-11-9/h5,7-8H,1-4H2,(H,11,12). The average molecular weight is 162 g/mol. The fraction of sp³-hybridized carbons (Fsp3) is 0.556. The third-order valence-electron chi connectivity index (χ3n) is 2.22. The molecular weight excluding hydrogens is 150 g/mol. The lowest BCUT2D eigenvalue weighted by atomic mass is 10.2. The first kappa shape index (κ1) is 7.53. The molecule has 0 aromatic carbocycles. The second-order valence-corrected chi connectivity index (χ2v) is 3.16. The van der Waals surface area contributed by atoms with E-state index in [0.29, 0.717) is 6.04 Å².